The van der Waals surface area contributed by atoms with E-state index in [1.165, 1.54) is 4.90 Å². The lowest BCUT2D eigenvalue weighted by Crippen LogP contribution is -2.54. The zero-order valence-electron chi connectivity index (χ0n) is 22.1. The summed E-state index contributed by atoms with van der Waals surface area (Å²) in [6.07, 6.45) is 1.36. The first kappa shape index (κ1) is 29.4. The molecular weight excluding hydrogens is 566 g/mol. The molecule has 0 aromatic heterocycles. The van der Waals surface area contributed by atoms with Crippen molar-refractivity contribution in [3.63, 3.8) is 0 Å². The van der Waals surface area contributed by atoms with Crippen LogP contribution in [-0.2, 0) is 32.6 Å². The molecule has 0 aliphatic carbocycles. The van der Waals surface area contributed by atoms with Gasteiger partial charge in [-0.3, -0.25) is 13.9 Å². The number of amides is 2. The highest BCUT2D eigenvalue weighted by atomic mass is 79.9. The van der Waals surface area contributed by atoms with Gasteiger partial charge in [0.25, 0.3) is 0 Å². The third kappa shape index (κ3) is 8.16. The lowest BCUT2D eigenvalue weighted by atomic mass is 10.0. The maximum absolute atomic E-state index is 14.0. The van der Waals surface area contributed by atoms with Crippen molar-refractivity contribution in [1.29, 1.82) is 0 Å². The van der Waals surface area contributed by atoms with Gasteiger partial charge >= 0.3 is 0 Å². The lowest BCUT2D eigenvalue weighted by Gasteiger charge is -2.34. The van der Waals surface area contributed by atoms with Gasteiger partial charge in [0.05, 0.1) is 11.9 Å². The second-order valence-electron chi connectivity index (χ2n) is 9.58. The van der Waals surface area contributed by atoms with E-state index in [1.807, 2.05) is 74.5 Å². The lowest BCUT2D eigenvalue weighted by molar-refractivity contribution is -0.140. The van der Waals surface area contributed by atoms with E-state index in [0.717, 1.165) is 31.7 Å². The molecule has 0 saturated heterocycles. The number of para-hydroxylation sites is 1. The number of aryl methyl sites for hydroxylation is 1. The van der Waals surface area contributed by atoms with E-state index in [-0.39, 0.29) is 24.9 Å². The van der Waals surface area contributed by atoms with E-state index in [9.17, 15) is 18.0 Å². The quantitative estimate of drug-likeness (QED) is 0.346. The summed E-state index contributed by atoms with van der Waals surface area (Å²) in [4.78, 5) is 29.0. The van der Waals surface area contributed by atoms with Crippen LogP contribution in [0.25, 0.3) is 0 Å². The van der Waals surface area contributed by atoms with Crippen LogP contribution < -0.4 is 9.62 Å². The number of sulfonamides is 1. The number of hydrogen-bond acceptors (Lipinski definition) is 4. The third-order valence-electron chi connectivity index (χ3n) is 6.01. The van der Waals surface area contributed by atoms with E-state index in [1.54, 1.807) is 25.1 Å². The summed E-state index contributed by atoms with van der Waals surface area (Å²) in [6.45, 7) is 5.22. The Bertz CT molecular complexity index is 1360. The molecule has 3 aromatic carbocycles. The van der Waals surface area contributed by atoms with Crippen LogP contribution in [0.15, 0.2) is 83.3 Å². The van der Waals surface area contributed by atoms with Gasteiger partial charge in [-0.25, -0.2) is 8.42 Å². The van der Waals surface area contributed by atoms with Crippen molar-refractivity contribution in [2.75, 3.05) is 17.1 Å². The zero-order chi connectivity index (χ0) is 27.9. The molecule has 0 fully saturated rings. The van der Waals surface area contributed by atoms with Crippen LogP contribution in [0.5, 0.6) is 0 Å². The van der Waals surface area contributed by atoms with E-state index in [0.29, 0.717) is 5.69 Å². The fraction of sp³-hybridized carbons (Fsp3) is 0.310. The number of halogens is 1. The Labute approximate surface area is 234 Å². The Morgan fingerprint density at radius 2 is 1.55 bits per heavy atom. The van der Waals surface area contributed by atoms with Crippen molar-refractivity contribution in [2.45, 2.75) is 45.8 Å². The summed E-state index contributed by atoms with van der Waals surface area (Å²) >= 11 is 3.48. The fourth-order valence-corrected chi connectivity index (χ4v) is 5.56. The standard InChI is InChI=1S/C29H34BrN3O4S/c1-21(2)31-29(35)27(18-23-12-6-5-7-13-23)32(19-24-14-10-15-25(30)17-24)28(34)20-33(38(4,36)37)26-16-9-8-11-22(26)3/h5-17,21,27H,18-20H2,1-4H3,(H,31,35)/t27-/m1/s1. The average Bonchev–Trinajstić information content (AvgIpc) is 2.84. The molecule has 0 heterocycles. The van der Waals surface area contributed by atoms with E-state index in [4.69, 9.17) is 0 Å². The van der Waals surface area contributed by atoms with Crippen LogP contribution in [-0.4, -0.2) is 50.0 Å². The third-order valence-corrected chi connectivity index (χ3v) is 7.63. The Hall–Kier alpha value is -3.17. The van der Waals surface area contributed by atoms with Crippen molar-refractivity contribution in [3.05, 3.63) is 100 Å². The number of rotatable bonds is 11. The van der Waals surface area contributed by atoms with Crippen molar-refractivity contribution >= 4 is 43.5 Å². The van der Waals surface area contributed by atoms with Gasteiger partial charge in [-0.05, 0) is 55.7 Å². The van der Waals surface area contributed by atoms with Gasteiger partial charge in [-0.15, -0.1) is 0 Å². The molecular formula is C29H34BrN3O4S. The molecule has 9 heteroatoms. The van der Waals surface area contributed by atoms with Crippen molar-refractivity contribution in [1.82, 2.24) is 10.2 Å². The Morgan fingerprint density at radius 1 is 0.921 bits per heavy atom. The minimum atomic E-state index is -3.79. The summed E-state index contributed by atoms with van der Waals surface area (Å²) < 4.78 is 27.7. The minimum Gasteiger partial charge on any atom is -0.352 e. The van der Waals surface area contributed by atoms with E-state index < -0.39 is 28.5 Å². The maximum Gasteiger partial charge on any atom is 0.244 e. The Kier molecular flexibility index (Phi) is 10.1. The number of carbonyl (C=O) groups excluding carboxylic acids is 2. The van der Waals surface area contributed by atoms with Gasteiger partial charge in [0.15, 0.2) is 0 Å². The van der Waals surface area contributed by atoms with Crippen LogP contribution in [0.3, 0.4) is 0 Å². The van der Waals surface area contributed by atoms with Crippen LogP contribution in [0.1, 0.15) is 30.5 Å². The predicted octanol–water partition coefficient (Wildman–Crippen LogP) is 4.69. The van der Waals surface area contributed by atoms with E-state index >= 15 is 0 Å². The van der Waals surface area contributed by atoms with Gasteiger partial charge in [0, 0.05) is 23.5 Å². The molecule has 0 bridgehead atoms. The molecule has 0 saturated carbocycles. The monoisotopic (exact) mass is 599 g/mol. The normalized spacial score (nSPS) is 12.2. The zero-order valence-corrected chi connectivity index (χ0v) is 24.5. The molecule has 0 aliphatic rings. The minimum absolute atomic E-state index is 0.132. The summed E-state index contributed by atoms with van der Waals surface area (Å²) in [5.41, 5.74) is 2.85. The Balaban J connectivity index is 2.07. The van der Waals surface area contributed by atoms with Crippen LogP contribution >= 0.6 is 15.9 Å². The molecule has 2 amide bonds. The highest BCUT2D eigenvalue weighted by Crippen LogP contribution is 2.24. The van der Waals surface area contributed by atoms with Crippen LogP contribution in [0.2, 0.25) is 0 Å². The summed E-state index contributed by atoms with van der Waals surface area (Å²) in [5, 5.41) is 2.95. The van der Waals surface area contributed by atoms with Gasteiger partial charge in [-0.2, -0.15) is 0 Å². The summed E-state index contributed by atoms with van der Waals surface area (Å²) in [7, 11) is -3.79. The number of nitrogens with one attached hydrogen (secondary N) is 1. The molecule has 0 radical (unpaired) electrons. The fourth-order valence-electron chi connectivity index (χ4n) is 4.20. The van der Waals surface area contributed by atoms with Crippen molar-refractivity contribution in [2.24, 2.45) is 0 Å². The van der Waals surface area contributed by atoms with Crippen molar-refractivity contribution in [3.8, 4) is 0 Å². The maximum atomic E-state index is 14.0. The molecule has 1 atom stereocenters. The molecule has 38 heavy (non-hydrogen) atoms. The predicted molar refractivity (Wildman–Crippen MR) is 155 cm³/mol. The molecule has 3 rings (SSSR count). The smallest absolute Gasteiger partial charge is 0.244 e. The highest BCUT2D eigenvalue weighted by molar-refractivity contribution is 9.10. The first-order chi connectivity index (χ1) is 18.0. The first-order valence-corrected chi connectivity index (χ1v) is 15.0. The molecule has 7 nitrogen and oxygen atoms in total. The molecule has 3 aromatic rings. The molecule has 0 spiro atoms. The van der Waals surface area contributed by atoms with Gasteiger partial charge in [0.2, 0.25) is 21.8 Å². The second-order valence-corrected chi connectivity index (χ2v) is 12.4. The Morgan fingerprint density at radius 3 is 2.16 bits per heavy atom. The SMILES string of the molecule is Cc1ccccc1N(CC(=O)N(Cc1cccc(Br)c1)[C@H](Cc1ccccc1)C(=O)NC(C)C)S(C)(=O)=O. The number of hydrogen-bond donors (Lipinski definition) is 1. The number of nitrogens with zero attached hydrogens (tertiary/aromatic N) is 2. The first-order valence-electron chi connectivity index (χ1n) is 12.4. The number of carbonyl (C=O) groups is 2. The largest absolute Gasteiger partial charge is 0.352 e. The van der Waals surface area contributed by atoms with Crippen LogP contribution in [0, 0.1) is 6.92 Å². The summed E-state index contributed by atoms with van der Waals surface area (Å²) in [5.74, 6) is -0.771. The van der Waals surface area contributed by atoms with Gasteiger partial charge in [0.1, 0.15) is 12.6 Å². The number of anilines is 1. The second kappa shape index (κ2) is 13.1. The highest BCUT2D eigenvalue weighted by Gasteiger charge is 2.33. The topological polar surface area (TPSA) is 86.8 Å². The average molecular weight is 601 g/mol. The molecule has 1 N–H and O–H groups in total. The molecule has 202 valence electrons. The summed E-state index contributed by atoms with van der Waals surface area (Å²) in [6, 6.07) is 23.0. The molecule has 0 aliphatic heterocycles. The molecule has 0 unspecified atom stereocenters. The van der Waals surface area contributed by atoms with E-state index in [2.05, 4.69) is 21.2 Å². The van der Waals surface area contributed by atoms with Gasteiger partial charge < -0.3 is 10.2 Å². The van der Waals surface area contributed by atoms with Crippen molar-refractivity contribution < 1.29 is 18.0 Å². The van der Waals surface area contributed by atoms with Crippen LogP contribution in [0.4, 0.5) is 5.69 Å². The number of benzene rings is 3. The van der Waals surface area contributed by atoms with Gasteiger partial charge in [-0.1, -0.05) is 76.6 Å².